The number of carbonyl (C=O) groups excluding carboxylic acids is 2. The number of carbonyl (C=O) groups is 2. The second kappa shape index (κ2) is 2.43. The Morgan fingerprint density at radius 2 is 2.27 bits per heavy atom. The summed E-state index contributed by atoms with van der Waals surface area (Å²) in [6.07, 6.45) is 1.55. The highest BCUT2D eigenvalue weighted by Crippen LogP contribution is 2.42. The van der Waals surface area contributed by atoms with Crippen LogP contribution in [0.1, 0.15) is 12.8 Å². The maximum atomic E-state index is 11.0. The Morgan fingerprint density at radius 1 is 1.55 bits per heavy atom. The molecular weight excluding hydrogens is 259 g/mol. The van der Waals surface area contributed by atoms with Crippen LogP contribution in [0.4, 0.5) is 0 Å². The van der Waals surface area contributed by atoms with Gasteiger partial charge in [0, 0.05) is 5.92 Å². The number of esters is 1. The Hall–Kier alpha value is -0.130. The number of halogens is 1. The van der Waals surface area contributed by atoms with Gasteiger partial charge in [-0.15, -0.1) is 0 Å². The van der Waals surface area contributed by atoms with E-state index in [4.69, 9.17) is 4.74 Å². The van der Waals surface area contributed by atoms with Gasteiger partial charge in [-0.3, -0.25) is 9.59 Å². The fourth-order valence-electron chi connectivity index (χ4n) is 1.85. The zero-order valence-electron chi connectivity index (χ0n) is 5.75. The Morgan fingerprint density at radius 3 is 2.64 bits per heavy atom. The van der Waals surface area contributed by atoms with Crippen LogP contribution in [-0.2, 0) is 14.3 Å². The summed E-state index contributed by atoms with van der Waals surface area (Å²) in [5.41, 5.74) is 0. The van der Waals surface area contributed by atoms with Gasteiger partial charge in [0.05, 0.1) is 5.92 Å². The lowest BCUT2D eigenvalue weighted by Crippen LogP contribution is -2.26. The van der Waals surface area contributed by atoms with Gasteiger partial charge in [0.25, 0.3) is 0 Å². The molecule has 1 saturated heterocycles. The minimum absolute atomic E-state index is 0.0382. The van der Waals surface area contributed by atoms with Crippen LogP contribution in [0.25, 0.3) is 0 Å². The third-order valence-electron chi connectivity index (χ3n) is 2.40. The van der Waals surface area contributed by atoms with E-state index in [9.17, 15) is 9.59 Å². The third kappa shape index (κ3) is 1.07. The molecule has 2 bridgehead atoms. The van der Waals surface area contributed by atoms with Crippen molar-refractivity contribution >= 4 is 32.4 Å². The second-order valence-corrected chi connectivity index (χ2v) is 4.11. The van der Waals surface area contributed by atoms with Gasteiger partial charge < -0.3 is 4.74 Å². The summed E-state index contributed by atoms with van der Waals surface area (Å²) < 4.78 is 5.05. The molecule has 0 aromatic carbocycles. The average molecular weight is 266 g/mol. The molecule has 60 valence electrons. The van der Waals surface area contributed by atoms with E-state index in [1.165, 1.54) is 0 Å². The largest absolute Gasteiger partial charge is 0.462 e. The van der Waals surface area contributed by atoms with Gasteiger partial charge in [0.2, 0.25) is 0 Å². The fraction of sp³-hybridized carbons (Fsp3) is 0.714. The third-order valence-corrected chi connectivity index (χ3v) is 3.20. The SMILES string of the molecule is O=C(I)C1CC2CC1C(=O)O2. The van der Waals surface area contributed by atoms with Crippen molar-refractivity contribution < 1.29 is 14.3 Å². The molecule has 3 unspecified atom stereocenters. The van der Waals surface area contributed by atoms with Crippen LogP contribution in [0.2, 0.25) is 0 Å². The Bertz CT molecular complexity index is 226. The molecule has 3 atom stereocenters. The summed E-state index contributed by atoms with van der Waals surface area (Å²) in [5, 5.41) is 0. The van der Waals surface area contributed by atoms with Crippen molar-refractivity contribution in [1.82, 2.24) is 0 Å². The van der Waals surface area contributed by atoms with E-state index in [1.54, 1.807) is 22.6 Å². The predicted octanol–water partition coefficient (Wildman–Crippen LogP) is 0.900. The van der Waals surface area contributed by atoms with Crippen molar-refractivity contribution in [3.05, 3.63) is 0 Å². The molecule has 3 nitrogen and oxygen atoms in total. The maximum absolute atomic E-state index is 11.0. The Labute approximate surface area is 77.6 Å². The van der Waals surface area contributed by atoms with Crippen molar-refractivity contribution in [3.8, 4) is 0 Å². The molecule has 0 aromatic rings. The summed E-state index contributed by atoms with van der Waals surface area (Å²) in [6, 6.07) is 0. The molecule has 1 saturated carbocycles. The number of hydrogen-bond donors (Lipinski definition) is 0. The summed E-state index contributed by atoms with van der Waals surface area (Å²) >= 11 is 1.77. The molecule has 0 radical (unpaired) electrons. The van der Waals surface area contributed by atoms with Gasteiger partial charge in [-0.05, 0) is 35.4 Å². The second-order valence-electron chi connectivity index (χ2n) is 3.05. The molecule has 11 heavy (non-hydrogen) atoms. The average Bonchev–Trinajstić information content (AvgIpc) is 2.43. The smallest absolute Gasteiger partial charge is 0.310 e. The summed E-state index contributed by atoms with van der Waals surface area (Å²) in [5.74, 6) is -0.345. The first kappa shape index (κ1) is 7.52. The number of hydrogen-bond acceptors (Lipinski definition) is 3. The van der Waals surface area contributed by atoms with E-state index in [0.29, 0.717) is 0 Å². The van der Waals surface area contributed by atoms with Gasteiger partial charge in [0.15, 0.2) is 3.79 Å². The summed E-state index contributed by atoms with van der Waals surface area (Å²) in [7, 11) is 0. The molecule has 2 rings (SSSR count). The fourth-order valence-corrected chi connectivity index (χ4v) is 2.54. The molecule has 1 heterocycles. The van der Waals surface area contributed by atoms with Crippen LogP contribution in [0, 0.1) is 11.8 Å². The number of fused-ring (bicyclic) bond motifs is 2. The van der Waals surface area contributed by atoms with Gasteiger partial charge in [0.1, 0.15) is 6.10 Å². The van der Waals surface area contributed by atoms with Crippen LogP contribution >= 0.6 is 22.6 Å². The van der Waals surface area contributed by atoms with Crippen LogP contribution in [0.15, 0.2) is 0 Å². The highest BCUT2D eigenvalue weighted by atomic mass is 127. The predicted molar refractivity (Wildman–Crippen MR) is 45.1 cm³/mol. The molecule has 0 aromatic heterocycles. The lowest BCUT2D eigenvalue weighted by atomic mass is 9.98. The minimum Gasteiger partial charge on any atom is -0.462 e. The molecule has 1 aliphatic heterocycles. The van der Waals surface area contributed by atoms with Gasteiger partial charge in [-0.25, -0.2) is 0 Å². The van der Waals surface area contributed by atoms with Gasteiger partial charge in [-0.2, -0.15) is 0 Å². The maximum Gasteiger partial charge on any atom is 0.310 e. The number of rotatable bonds is 1. The zero-order valence-corrected chi connectivity index (χ0v) is 7.91. The topological polar surface area (TPSA) is 43.4 Å². The van der Waals surface area contributed by atoms with Crippen molar-refractivity contribution in [3.63, 3.8) is 0 Å². The van der Waals surface area contributed by atoms with Crippen LogP contribution in [0.5, 0.6) is 0 Å². The van der Waals surface area contributed by atoms with E-state index in [-0.39, 0.29) is 27.7 Å². The van der Waals surface area contributed by atoms with E-state index in [2.05, 4.69) is 0 Å². The van der Waals surface area contributed by atoms with E-state index in [0.717, 1.165) is 12.8 Å². The normalized spacial score (nSPS) is 40.8. The van der Waals surface area contributed by atoms with Gasteiger partial charge >= 0.3 is 5.97 Å². The van der Waals surface area contributed by atoms with E-state index >= 15 is 0 Å². The lowest BCUT2D eigenvalue weighted by molar-refractivity contribution is -0.151. The molecule has 1 aliphatic carbocycles. The quantitative estimate of drug-likeness (QED) is 0.402. The van der Waals surface area contributed by atoms with Crippen molar-refractivity contribution in [2.24, 2.45) is 11.8 Å². The van der Waals surface area contributed by atoms with Crippen LogP contribution in [0.3, 0.4) is 0 Å². The van der Waals surface area contributed by atoms with Gasteiger partial charge in [-0.1, -0.05) is 0 Å². The first-order chi connectivity index (χ1) is 5.18. The first-order valence-corrected chi connectivity index (χ1v) is 4.66. The van der Waals surface area contributed by atoms with Crippen LogP contribution < -0.4 is 0 Å². The summed E-state index contributed by atoms with van der Waals surface area (Å²) in [6.45, 7) is 0. The molecule has 2 aliphatic rings. The first-order valence-electron chi connectivity index (χ1n) is 3.58. The van der Waals surface area contributed by atoms with Crippen molar-refractivity contribution in [1.29, 1.82) is 0 Å². The summed E-state index contributed by atoms with van der Waals surface area (Å²) in [4.78, 5) is 21.9. The molecule has 4 heteroatoms. The monoisotopic (exact) mass is 266 g/mol. The van der Waals surface area contributed by atoms with Crippen molar-refractivity contribution in [2.75, 3.05) is 0 Å². The molecular formula is C7H7IO3. The van der Waals surface area contributed by atoms with E-state index in [1.807, 2.05) is 0 Å². The Balaban J connectivity index is 2.18. The molecule has 0 amide bonds. The highest BCUT2D eigenvalue weighted by molar-refractivity contribution is 14.1. The molecule has 2 fully saturated rings. The molecule has 0 spiro atoms. The zero-order chi connectivity index (χ0) is 8.01. The van der Waals surface area contributed by atoms with Crippen molar-refractivity contribution in [2.45, 2.75) is 18.9 Å². The number of ether oxygens (including phenoxy) is 1. The van der Waals surface area contributed by atoms with Crippen LogP contribution in [-0.4, -0.2) is 15.9 Å². The minimum atomic E-state index is -0.170. The highest BCUT2D eigenvalue weighted by Gasteiger charge is 2.49. The van der Waals surface area contributed by atoms with E-state index < -0.39 is 0 Å². The Kier molecular flexibility index (Phi) is 1.66. The molecule has 0 N–H and O–H groups in total. The standard InChI is InChI=1S/C7H7IO3/c8-6(9)4-1-3-2-5(4)7(10)11-3/h3-5H,1-2H2. The lowest BCUT2D eigenvalue weighted by Gasteiger charge is -2.16.